The highest BCUT2D eigenvalue weighted by Crippen LogP contribution is 2.24. The van der Waals surface area contributed by atoms with Crippen molar-refractivity contribution in [1.82, 2.24) is 9.80 Å². The summed E-state index contributed by atoms with van der Waals surface area (Å²) >= 11 is 0. The third-order valence-electron chi connectivity index (χ3n) is 3.88. The molecule has 1 aromatic rings. The molecule has 1 aliphatic heterocycles. The van der Waals surface area contributed by atoms with Crippen LogP contribution in [-0.4, -0.2) is 59.7 Å². The second kappa shape index (κ2) is 7.57. The Balaban J connectivity index is 1.97. The van der Waals surface area contributed by atoms with E-state index in [0.717, 1.165) is 4.90 Å². The van der Waals surface area contributed by atoms with Gasteiger partial charge in [-0.2, -0.15) is 5.26 Å². The van der Waals surface area contributed by atoms with Gasteiger partial charge in [0.15, 0.2) is 6.61 Å². The van der Waals surface area contributed by atoms with Crippen LogP contribution in [0.15, 0.2) is 24.3 Å². The second-order valence-electron chi connectivity index (χ2n) is 5.53. The van der Waals surface area contributed by atoms with Crippen molar-refractivity contribution in [3.05, 3.63) is 35.4 Å². The van der Waals surface area contributed by atoms with Crippen LogP contribution in [0.4, 0.5) is 0 Å². The van der Waals surface area contributed by atoms with Gasteiger partial charge in [0.25, 0.3) is 17.7 Å². The van der Waals surface area contributed by atoms with Gasteiger partial charge in [0, 0.05) is 13.6 Å². The molecule has 1 atom stereocenters. The predicted octanol–water partition coefficient (Wildman–Crippen LogP) is 0.586. The molecule has 3 amide bonds. The maximum absolute atomic E-state index is 12.3. The molecule has 0 saturated heterocycles. The number of esters is 1. The highest BCUT2D eigenvalue weighted by atomic mass is 16.5. The first kappa shape index (κ1) is 18.1. The van der Waals surface area contributed by atoms with Crippen LogP contribution in [-0.2, 0) is 14.3 Å². The fourth-order valence-corrected chi connectivity index (χ4v) is 2.37. The van der Waals surface area contributed by atoms with Crippen molar-refractivity contribution < 1.29 is 23.9 Å². The quantitative estimate of drug-likeness (QED) is 0.552. The molecule has 0 aromatic heterocycles. The highest BCUT2D eigenvalue weighted by Gasteiger charge is 2.41. The topological polar surface area (TPSA) is 108 Å². The van der Waals surface area contributed by atoms with Gasteiger partial charge in [-0.05, 0) is 19.1 Å². The van der Waals surface area contributed by atoms with Crippen LogP contribution in [0.2, 0.25) is 0 Å². The van der Waals surface area contributed by atoms with Crippen LogP contribution >= 0.6 is 0 Å². The molecule has 0 saturated carbocycles. The lowest BCUT2D eigenvalue weighted by Crippen LogP contribution is -2.44. The number of rotatable bonds is 6. The Hall–Kier alpha value is -3.21. The molecule has 130 valence electrons. The van der Waals surface area contributed by atoms with Crippen LogP contribution in [0, 0.1) is 11.3 Å². The van der Waals surface area contributed by atoms with E-state index in [1.165, 1.54) is 31.0 Å². The summed E-state index contributed by atoms with van der Waals surface area (Å²) in [6.45, 7) is 1.07. The maximum Gasteiger partial charge on any atom is 0.329 e. The van der Waals surface area contributed by atoms with Crippen molar-refractivity contribution in [3.8, 4) is 6.07 Å². The number of hydrogen-bond acceptors (Lipinski definition) is 6. The van der Waals surface area contributed by atoms with Gasteiger partial charge in [-0.25, -0.2) is 4.79 Å². The molecule has 25 heavy (non-hydrogen) atoms. The van der Waals surface area contributed by atoms with Gasteiger partial charge in [-0.15, -0.1) is 0 Å². The minimum Gasteiger partial charge on any atom is -0.454 e. The fourth-order valence-electron chi connectivity index (χ4n) is 2.37. The summed E-state index contributed by atoms with van der Waals surface area (Å²) in [5, 5.41) is 8.49. The molecule has 1 aromatic carbocycles. The molecular formula is C17H17N3O5. The number of nitrogens with zero attached hydrogens (tertiary/aromatic N) is 3. The van der Waals surface area contributed by atoms with Crippen LogP contribution in [0.25, 0.3) is 0 Å². The van der Waals surface area contributed by atoms with Crippen molar-refractivity contribution in [2.45, 2.75) is 19.4 Å². The Morgan fingerprint density at radius 3 is 2.32 bits per heavy atom. The molecule has 0 N–H and O–H groups in total. The van der Waals surface area contributed by atoms with E-state index in [1.54, 1.807) is 12.1 Å². The van der Waals surface area contributed by atoms with Gasteiger partial charge in [0.2, 0.25) is 0 Å². The molecule has 0 spiro atoms. The summed E-state index contributed by atoms with van der Waals surface area (Å²) in [5.41, 5.74) is 0.471. The Labute approximate surface area is 144 Å². The van der Waals surface area contributed by atoms with Crippen LogP contribution in [0.5, 0.6) is 0 Å². The first-order chi connectivity index (χ1) is 11.9. The highest BCUT2D eigenvalue weighted by molar-refractivity contribution is 6.22. The number of amides is 3. The molecule has 2 rings (SSSR count). The first-order valence-corrected chi connectivity index (χ1v) is 7.63. The lowest BCUT2D eigenvalue weighted by atomic mass is 10.1. The van der Waals surface area contributed by atoms with E-state index in [1.807, 2.05) is 6.07 Å². The standard InChI is InChI=1S/C17H17N3O5/c1-11(17(24)25-10-14(21)19(2)9-5-8-18)20-15(22)12-6-3-4-7-13(12)16(20)23/h3-4,6-7,11H,5,9-10H2,1-2H3/t11-/m0/s1. The van der Waals surface area contributed by atoms with Crippen molar-refractivity contribution in [3.63, 3.8) is 0 Å². The summed E-state index contributed by atoms with van der Waals surface area (Å²) in [6, 6.07) is 7.05. The molecular weight excluding hydrogens is 326 g/mol. The average Bonchev–Trinajstić information content (AvgIpc) is 2.87. The molecule has 8 heteroatoms. The predicted molar refractivity (Wildman–Crippen MR) is 85.2 cm³/mol. The zero-order valence-corrected chi connectivity index (χ0v) is 13.9. The third-order valence-corrected chi connectivity index (χ3v) is 3.88. The molecule has 0 fully saturated rings. The van der Waals surface area contributed by atoms with E-state index in [0.29, 0.717) is 0 Å². The zero-order chi connectivity index (χ0) is 18.6. The fraction of sp³-hybridized carbons (Fsp3) is 0.353. The molecule has 1 heterocycles. The zero-order valence-electron chi connectivity index (χ0n) is 13.9. The molecule has 0 aliphatic carbocycles. The number of hydrogen-bond donors (Lipinski definition) is 0. The number of carbonyl (C=O) groups is 4. The SMILES string of the molecule is C[C@@H](C(=O)OCC(=O)N(C)CCC#N)N1C(=O)c2ccccc2C1=O. The summed E-state index contributed by atoms with van der Waals surface area (Å²) < 4.78 is 4.92. The number of benzene rings is 1. The summed E-state index contributed by atoms with van der Waals surface area (Å²) in [7, 11) is 1.49. The van der Waals surface area contributed by atoms with E-state index >= 15 is 0 Å². The average molecular weight is 343 g/mol. The number of likely N-dealkylation sites (N-methyl/N-ethyl adjacent to an activating group) is 1. The molecule has 0 radical (unpaired) electrons. The smallest absolute Gasteiger partial charge is 0.329 e. The molecule has 0 bridgehead atoms. The van der Waals surface area contributed by atoms with Crippen LogP contribution < -0.4 is 0 Å². The number of carbonyl (C=O) groups excluding carboxylic acids is 4. The number of nitriles is 1. The molecule has 0 unspecified atom stereocenters. The van der Waals surface area contributed by atoms with E-state index in [2.05, 4.69) is 0 Å². The molecule has 1 aliphatic rings. The van der Waals surface area contributed by atoms with Crippen molar-refractivity contribution in [2.75, 3.05) is 20.2 Å². The van der Waals surface area contributed by atoms with Crippen LogP contribution in [0.1, 0.15) is 34.1 Å². The normalized spacial score (nSPS) is 13.9. The van der Waals surface area contributed by atoms with Gasteiger partial charge in [0.1, 0.15) is 6.04 Å². The Morgan fingerprint density at radius 2 is 1.80 bits per heavy atom. The van der Waals surface area contributed by atoms with Gasteiger partial charge in [0.05, 0.1) is 23.6 Å². The number of fused-ring (bicyclic) bond motifs is 1. The van der Waals surface area contributed by atoms with Gasteiger partial charge in [-0.3, -0.25) is 19.3 Å². The summed E-state index contributed by atoms with van der Waals surface area (Å²) in [5.74, 6) is -2.46. The van der Waals surface area contributed by atoms with Gasteiger partial charge in [-0.1, -0.05) is 12.1 Å². The van der Waals surface area contributed by atoms with Crippen LogP contribution in [0.3, 0.4) is 0 Å². The van der Waals surface area contributed by atoms with E-state index in [-0.39, 0.29) is 24.1 Å². The lowest BCUT2D eigenvalue weighted by Gasteiger charge is -2.21. The monoisotopic (exact) mass is 343 g/mol. The van der Waals surface area contributed by atoms with Crippen molar-refractivity contribution in [2.24, 2.45) is 0 Å². The maximum atomic E-state index is 12.3. The van der Waals surface area contributed by atoms with Gasteiger partial charge < -0.3 is 9.64 Å². The largest absolute Gasteiger partial charge is 0.454 e. The van der Waals surface area contributed by atoms with Gasteiger partial charge >= 0.3 is 5.97 Å². The Bertz CT molecular complexity index is 733. The second-order valence-corrected chi connectivity index (χ2v) is 5.53. The van der Waals surface area contributed by atoms with E-state index in [9.17, 15) is 19.2 Å². The van der Waals surface area contributed by atoms with Crippen molar-refractivity contribution in [1.29, 1.82) is 5.26 Å². The summed E-state index contributed by atoms with van der Waals surface area (Å²) in [4.78, 5) is 50.6. The number of imide groups is 1. The Kier molecular flexibility index (Phi) is 5.49. The minimum atomic E-state index is -1.15. The number of ether oxygens (including phenoxy) is 1. The van der Waals surface area contributed by atoms with E-state index in [4.69, 9.17) is 10.00 Å². The third kappa shape index (κ3) is 3.66. The lowest BCUT2D eigenvalue weighted by molar-refractivity contribution is -0.154. The van der Waals surface area contributed by atoms with Crippen molar-refractivity contribution >= 4 is 23.7 Å². The molecule has 8 nitrogen and oxygen atoms in total. The van der Waals surface area contributed by atoms with E-state index < -0.39 is 36.3 Å². The Morgan fingerprint density at radius 1 is 1.24 bits per heavy atom. The first-order valence-electron chi connectivity index (χ1n) is 7.63. The minimum absolute atomic E-state index is 0.168. The summed E-state index contributed by atoms with van der Waals surface area (Å²) in [6.07, 6.45) is 0.168.